The maximum Gasteiger partial charge on any atom is 0.341 e. The third-order valence-corrected chi connectivity index (χ3v) is 7.52. The van der Waals surface area contributed by atoms with Crippen LogP contribution in [0.4, 0.5) is 9.39 Å². The summed E-state index contributed by atoms with van der Waals surface area (Å²) in [6.07, 6.45) is 4.80. The van der Waals surface area contributed by atoms with E-state index in [1.54, 1.807) is 18.2 Å². The monoisotopic (exact) mass is 573 g/mol. The molecule has 9 nitrogen and oxygen atoms in total. The molecule has 12 heteroatoms. The molecular formula is C27H25ClFN3O6S. The van der Waals surface area contributed by atoms with Crippen LogP contribution in [-0.2, 0) is 33.8 Å². The molecule has 39 heavy (non-hydrogen) atoms. The van der Waals surface area contributed by atoms with Crippen molar-refractivity contribution in [3.8, 4) is 11.5 Å². The van der Waals surface area contributed by atoms with Gasteiger partial charge in [0.05, 0.1) is 31.0 Å². The van der Waals surface area contributed by atoms with Crippen molar-refractivity contribution in [2.24, 2.45) is 5.10 Å². The van der Waals surface area contributed by atoms with E-state index in [1.165, 1.54) is 50.0 Å². The molecule has 1 aromatic heterocycles. The van der Waals surface area contributed by atoms with Gasteiger partial charge in [-0.15, -0.1) is 11.3 Å². The predicted octanol–water partition coefficient (Wildman–Crippen LogP) is 4.88. The van der Waals surface area contributed by atoms with Crippen LogP contribution in [0.3, 0.4) is 0 Å². The molecule has 2 amide bonds. The first-order valence-corrected chi connectivity index (χ1v) is 13.1. The summed E-state index contributed by atoms with van der Waals surface area (Å²) < 4.78 is 29.3. The minimum Gasteiger partial charge on any atom is -0.493 e. The summed E-state index contributed by atoms with van der Waals surface area (Å²) in [6.45, 7) is 0.0962. The SMILES string of the molecule is COC(=O)c1c(NC(=O)C(=O)N/N=C/c2ccc(OCc3ccc(F)cc3Cl)c(OC)c2)sc2c1CCCC2. The van der Waals surface area contributed by atoms with Crippen molar-refractivity contribution in [2.45, 2.75) is 32.3 Å². The molecule has 3 aromatic rings. The number of nitrogens with zero attached hydrogens (tertiary/aromatic N) is 1. The maximum atomic E-state index is 13.2. The molecule has 0 unspecified atom stereocenters. The van der Waals surface area contributed by atoms with Gasteiger partial charge in [0.1, 0.15) is 17.4 Å². The molecule has 204 valence electrons. The van der Waals surface area contributed by atoms with Crippen LogP contribution in [0.1, 0.15) is 44.8 Å². The van der Waals surface area contributed by atoms with Crippen LogP contribution in [0.15, 0.2) is 41.5 Å². The molecule has 1 aliphatic rings. The third kappa shape index (κ3) is 6.73. The summed E-state index contributed by atoms with van der Waals surface area (Å²) in [4.78, 5) is 38.2. The van der Waals surface area contributed by atoms with Gasteiger partial charge >= 0.3 is 17.8 Å². The standard InChI is InChI=1S/C27H25ClFN3O6S/c1-36-21-11-15(7-10-20(21)38-14-16-8-9-17(29)12-19(16)28)13-30-32-25(34)24(33)31-26-23(27(35)37-2)18-5-3-4-6-22(18)39-26/h7-13H,3-6,14H2,1-2H3,(H,31,33)(H,32,34)/b30-13+. The first-order chi connectivity index (χ1) is 18.8. The summed E-state index contributed by atoms with van der Waals surface area (Å²) in [7, 11) is 2.74. The zero-order valence-corrected chi connectivity index (χ0v) is 22.7. The summed E-state index contributed by atoms with van der Waals surface area (Å²) >= 11 is 7.33. The van der Waals surface area contributed by atoms with Gasteiger partial charge in [0.15, 0.2) is 11.5 Å². The van der Waals surface area contributed by atoms with Crippen LogP contribution < -0.4 is 20.2 Å². The molecule has 1 aliphatic carbocycles. The Labute approximate surface area is 232 Å². The minimum absolute atomic E-state index is 0.0962. The van der Waals surface area contributed by atoms with Gasteiger partial charge in [-0.1, -0.05) is 17.7 Å². The van der Waals surface area contributed by atoms with Gasteiger partial charge in [0, 0.05) is 10.4 Å². The molecule has 0 saturated carbocycles. The van der Waals surface area contributed by atoms with Crippen molar-refractivity contribution >= 4 is 51.9 Å². The number of methoxy groups -OCH3 is 2. The Kier molecular flexibility index (Phi) is 9.15. The van der Waals surface area contributed by atoms with Crippen molar-refractivity contribution in [1.82, 2.24) is 5.43 Å². The summed E-state index contributed by atoms with van der Waals surface area (Å²) in [5.41, 5.74) is 4.51. The quantitative estimate of drug-likeness (QED) is 0.172. The number of hydrogen-bond donors (Lipinski definition) is 2. The highest BCUT2D eigenvalue weighted by molar-refractivity contribution is 7.17. The zero-order valence-electron chi connectivity index (χ0n) is 21.1. The molecule has 0 saturated heterocycles. The summed E-state index contributed by atoms with van der Waals surface area (Å²) in [5, 5.41) is 6.90. The molecule has 2 N–H and O–H groups in total. The highest BCUT2D eigenvalue weighted by Crippen LogP contribution is 2.38. The number of benzene rings is 2. The number of anilines is 1. The minimum atomic E-state index is -1.00. The zero-order chi connectivity index (χ0) is 27.9. The van der Waals surface area contributed by atoms with Gasteiger partial charge in [-0.25, -0.2) is 14.6 Å². The summed E-state index contributed by atoms with van der Waals surface area (Å²) in [5.74, 6) is -2.15. The van der Waals surface area contributed by atoms with Gasteiger partial charge in [-0.3, -0.25) is 9.59 Å². The number of rotatable bonds is 8. The first kappa shape index (κ1) is 28.1. The van der Waals surface area contributed by atoms with E-state index in [1.807, 2.05) is 0 Å². The Morgan fingerprint density at radius 2 is 1.87 bits per heavy atom. The second-order valence-electron chi connectivity index (χ2n) is 8.49. The van der Waals surface area contributed by atoms with Crippen molar-refractivity contribution in [3.63, 3.8) is 0 Å². The molecule has 0 atom stereocenters. The van der Waals surface area contributed by atoms with Gasteiger partial charge < -0.3 is 19.5 Å². The Morgan fingerprint density at radius 3 is 2.62 bits per heavy atom. The van der Waals surface area contributed by atoms with Crippen LogP contribution in [0.5, 0.6) is 11.5 Å². The molecule has 0 aliphatic heterocycles. The van der Waals surface area contributed by atoms with E-state index in [2.05, 4.69) is 15.8 Å². The average Bonchev–Trinajstić information content (AvgIpc) is 3.30. The molecule has 0 spiro atoms. The Hall–Kier alpha value is -3.96. The molecular weight excluding hydrogens is 549 g/mol. The van der Waals surface area contributed by atoms with E-state index >= 15 is 0 Å². The van der Waals surface area contributed by atoms with Crippen LogP contribution in [0.25, 0.3) is 0 Å². The molecule has 2 aromatic carbocycles. The fourth-order valence-corrected chi connectivity index (χ4v) is 5.52. The molecule has 0 fully saturated rings. The predicted molar refractivity (Wildman–Crippen MR) is 145 cm³/mol. The smallest absolute Gasteiger partial charge is 0.341 e. The molecule has 4 rings (SSSR count). The number of aryl methyl sites for hydroxylation is 1. The number of amides is 2. The number of carbonyl (C=O) groups is 3. The van der Waals surface area contributed by atoms with Gasteiger partial charge in [0.2, 0.25) is 0 Å². The first-order valence-electron chi connectivity index (χ1n) is 11.9. The van der Waals surface area contributed by atoms with Crippen molar-refractivity contribution in [3.05, 3.63) is 74.4 Å². The highest BCUT2D eigenvalue weighted by Gasteiger charge is 2.28. The van der Waals surface area contributed by atoms with Gasteiger partial charge in [-0.05, 0) is 67.1 Å². The number of fused-ring (bicyclic) bond motifs is 1. The fraction of sp³-hybridized carbons (Fsp3) is 0.259. The number of halogens is 2. The van der Waals surface area contributed by atoms with Gasteiger partial charge in [-0.2, -0.15) is 5.10 Å². The summed E-state index contributed by atoms with van der Waals surface area (Å²) in [6, 6.07) is 8.96. The Morgan fingerprint density at radius 1 is 1.08 bits per heavy atom. The largest absolute Gasteiger partial charge is 0.493 e. The fourth-order valence-electron chi connectivity index (χ4n) is 4.03. The van der Waals surface area contributed by atoms with E-state index in [9.17, 15) is 18.8 Å². The Balaban J connectivity index is 1.37. The third-order valence-electron chi connectivity index (χ3n) is 5.96. The average molecular weight is 574 g/mol. The maximum absolute atomic E-state index is 13.2. The number of thiophene rings is 1. The lowest BCUT2D eigenvalue weighted by molar-refractivity contribution is -0.136. The second kappa shape index (κ2) is 12.7. The van der Waals surface area contributed by atoms with Gasteiger partial charge in [0.25, 0.3) is 0 Å². The number of hydrogen-bond acceptors (Lipinski definition) is 8. The van der Waals surface area contributed by atoms with E-state index in [-0.39, 0.29) is 11.6 Å². The highest BCUT2D eigenvalue weighted by atomic mass is 35.5. The van der Waals surface area contributed by atoms with Crippen LogP contribution in [0.2, 0.25) is 5.02 Å². The lowest BCUT2D eigenvalue weighted by Gasteiger charge is -2.12. The molecule has 1 heterocycles. The molecule has 0 radical (unpaired) electrons. The van der Waals surface area contributed by atoms with E-state index in [0.717, 1.165) is 36.1 Å². The van der Waals surface area contributed by atoms with Crippen molar-refractivity contribution in [2.75, 3.05) is 19.5 Å². The lowest BCUT2D eigenvalue weighted by atomic mass is 9.95. The van der Waals surface area contributed by atoms with E-state index in [4.69, 9.17) is 25.8 Å². The topological polar surface area (TPSA) is 115 Å². The molecule has 0 bridgehead atoms. The van der Waals surface area contributed by atoms with Crippen molar-refractivity contribution in [1.29, 1.82) is 0 Å². The van der Waals surface area contributed by atoms with E-state index in [0.29, 0.717) is 33.2 Å². The number of nitrogens with one attached hydrogen (secondary N) is 2. The Bertz CT molecular complexity index is 1440. The van der Waals surface area contributed by atoms with Crippen LogP contribution >= 0.6 is 22.9 Å². The number of carbonyl (C=O) groups excluding carboxylic acids is 3. The second-order valence-corrected chi connectivity index (χ2v) is 10.0. The van der Waals surface area contributed by atoms with E-state index < -0.39 is 23.6 Å². The number of ether oxygens (including phenoxy) is 3. The van der Waals surface area contributed by atoms with Crippen molar-refractivity contribution < 1.29 is 33.0 Å². The lowest BCUT2D eigenvalue weighted by Crippen LogP contribution is -2.32. The number of hydrazone groups is 1. The number of esters is 1. The van der Waals surface area contributed by atoms with Crippen LogP contribution in [0, 0.1) is 5.82 Å². The van der Waals surface area contributed by atoms with Crippen LogP contribution in [-0.4, -0.2) is 38.2 Å². The normalized spacial score (nSPS) is 12.5.